The third kappa shape index (κ3) is 2.98. The third-order valence-corrected chi connectivity index (χ3v) is 7.37. The number of fused-ring (bicyclic) bond motifs is 1. The summed E-state index contributed by atoms with van der Waals surface area (Å²) in [6.45, 7) is 3.03. The van der Waals surface area contributed by atoms with Gasteiger partial charge in [0.1, 0.15) is 20.9 Å². The first-order chi connectivity index (χ1) is 10.7. The molecule has 2 bridgehead atoms. The first-order valence-corrected chi connectivity index (χ1v) is 9.84. The molecule has 0 amide bonds. The summed E-state index contributed by atoms with van der Waals surface area (Å²) in [5.74, 6) is -1.24. The number of esters is 2. The number of carbonyl (C=O) groups is 2. The van der Waals surface area contributed by atoms with E-state index in [4.69, 9.17) is 18.4 Å². The first-order valence-electron chi connectivity index (χ1n) is 7.29. The van der Waals surface area contributed by atoms with Crippen LogP contribution in [0.15, 0.2) is 0 Å². The first kappa shape index (κ1) is 17.4. The lowest BCUT2D eigenvalue weighted by atomic mass is 9.94. The summed E-state index contributed by atoms with van der Waals surface area (Å²) in [6.07, 6.45) is -1.83. The lowest BCUT2D eigenvalue weighted by molar-refractivity contribution is -0.166. The van der Waals surface area contributed by atoms with Gasteiger partial charge in [-0.25, -0.2) is 4.79 Å². The summed E-state index contributed by atoms with van der Waals surface area (Å²) in [6, 6.07) is 0. The van der Waals surface area contributed by atoms with Crippen LogP contribution in [-0.4, -0.2) is 60.1 Å². The predicted octanol–water partition coefficient (Wildman–Crippen LogP) is 0.313. The van der Waals surface area contributed by atoms with E-state index in [9.17, 15) is 18.0 Å². The molecule has 0 radical (unpaired) electrons. The monoisotopic (exact) mass is 460 g/mol. The molecule has 0 saturated carbocycles. The quantitative estimate of drug-likeness (QED) is 0.250. The Kier molecular flexibility index (Phi) is 4.39. The second-order valence-electron chi connectivity index (χ2n) is 6.05. The molecular formula is C13H17IO8S. The van der Waals surface area contributed by atoms with Crippen LogP contribution < -0.4 is 0 Å². The zero-order chi connectivity index (χ0) is 17.0. The van der Waals surface area contributed by atoms with E-state index in [2.05, 4.69) is 0 Å². The third-order valence-electron chi connectivity index (χ3n) is 4.47. The molecule has 3 fully saturated rings. The van der Waals surface area contributed by atoms with Gasteiger partial charge in [-0.05, 0) is 19.8 Å². The Morgan fingerprint density at radius 1 is 1.35 bits per heavy atom. The number of hydrogen-bond acceptors (Lipinski definition) is 8. The topological polar surface area (TPSA) is 105 Å². The molecule has 3 heterocycles. The van der Waals surface area contributed by atoms with Crippen molar-refractivity contribution >= 4 is 44.6 Å². The van der Waals surface area contributed by atoms with Crippen LogP contribution in [0, 0.1) is 0 Å². The average molecular weight is 460 g/mol. The van der Waals surface area contributed by atoms with E-state index in [1.54, 1.807) is 6.92 Å². The van der Waals surface area contributed by atoms with Gasteiger partial charge in [-0.15, -0.1) is 0 Å². The number of rotatable bonds is 5. The predicted molar refractivity (Wildman–Crippen MR) is 84.4 cm³/mol. The summed E-state index contributed by atoms with van der Waals surface area (Å²) < 4.78 is 43.5. The lowest BCUT2D eigenvalue weighted by Gasteiger charge is -2.22. The molecule has 3 aliphatic rings. The Labute approximate surface area is 147 Å². The summed E-state index contributed by atoms with van der Waals surface area (Å²) >= 11 is 1.96. The van der Waals surface area contributed by atoms with Gasteiger partial charge in [0.05, 0.1) is 6.10 Å². The van der Waals surface area contributed by atoms with Crippen molar-refractivity contribution in [3.05, 3.63) is 0 Å². The van der Waals surface area contributed by atoms with Crippen molar-refractivity contribution in [3.8, 4) is 0 Å². The zero-order valence-electron chi connectivity index (χ0n) is 12.6. The highest BCUT2D eigenvalue weighted by atomic mass is 127. The van der Waals surface area contributed by atoms with Crippen molar-refractivity contribution in [2.45, 2.75) is 59.8 Å². The van der Waals surface area contributed by atoms with E-state index in [1.807, 2.05) is 29.5 Å². The Hall–Kier alpha value is -0.460. The molecule has 6 atom stereocenters. The maximum Gasteiger partial charge on any atom is 0.344 e. The molecule has 0 aromatic rings. The minimum absolute atomic E-state index is 0.253. The van der Waals surface area contributed by atoms with Crippen LogP contribution in [0.5, 0.6) is 0 Å². The molecule has 0 aromatic carbocycles. The number of ether oxygens (including phenoxy) is 3. The number of carbonyl (C=O) groups excluding carboxylic acids is 2. The van der Waals surface area contributed by atoms with E-state index in [0.717, 1.165) is 0 Å². The standard InChI is InChI=1S/C13H17IO8S/c1-3-13(2,14)12(16)19-5-8(15)21-9-6-4-7-10(20-6)11(9)22-23(7,17)18/h6-7,9-11H,3-5H2,1-2H3. The van der Waals surface area contributed by atoms with Gasteiger partial charge in [-0.3, -0.25) is 8.98 Å². The van der Waals surface area contributed by atoms with Crippen molar-refractivity contribution in [3.63, 3.8) is 0 Å². The van der Waals surface area contributed by atoms with Gasteiger partial charge in [0.15, 0.2) is 12.7 Å². The van der Waals surface area contributed by atoms with Crippen molar-refractivity contribution in [1.82, 2.24) is 0 Å². The van der Waals surface area contributed by atoms with Gasteiger partial charge in [0.2, 0.25) is 0 Å². The van der Waals surface area contributed by atoms with Crippen molar-refractivity contribution < 1.29 is 36.4 Å². The highest BCUT2D eigenvalue weighted by Gasteiger charge is 2.67. The SMILES string of the molecule is CCC(C)(I)C(=O)OCC(=O)OC1C2CC3C(O2)C1OS3(=O)=O. The van der Waals surface area contributed by atoms with Crippen LogP contribution in [0.3, 0.4) is 0 Å². The van der Waals surface area contributed by atoms with Crippen molar-refractivity contribution in [1.29, 1.82) is 0 Å². The molecule has 0 aromatic heterocycles. The van der Waals surface area contributed by atoms with Crippen LogP contribution in [0.2, 0.25) is 0 Å². The lowest BCUT2D eigenvalue weighted by Crippen LogP contribution is -2.42. The Morgan fingerprint density at radius 3 is 2.70 bits per heavy atom. The normalized spacial score (nSPS) is 39.0. The zero-order valence-corrected chi connectivity index (χ0v) is 15.5. The van der Waals surface area contributed by atoms with E-state index in [0.29, 0.717) is 6.42 Å². The molecule has 0 N–H and O–H groups in total. The average Bonchev–Trinajstić information content (AvgIpc) is 3.08. The Balaban J connectivity index is 1.55. The minimum Gasteiger partial charge on any atom is -0.454 e. The van der Waals surface area contributed by atoms with Crippen molar-refractivity contribution in [2.24, 2.45) is 0 Å². The van der Waals surface area contributed by atoms with E-state index in [-0.39, 0.29) is 6.42 Å². The molecular weight excluding hydrogens is 443 g/mol. The molecule has 23 heavy (non-hydrogen) atoms. The van der Waals surface area contributed by atoms with Gasteiger partial charge in [0.25, 0.3) is 10.1 Å². The van der Waals surface area contributed by atoms with Crippen LogP contribution in [0.4, 0.5) is 0 Å². The largest absolute Gasteiger partial charge is 0.454 e. The summed E-state index contributed by atoms with van der Waals surface area (Å²) in [5.41, 5.74) is 0. The summed E-state index contributed by atoms with van der Waals surface area (Å²) in [5, 5.41) is -0.672. The Bertz CT molecular complexity index is 630. The summed E-state index contributed by atoms with van der Waals surface area (Å²) in [4.78, 5) is 23.7. The fraction of sp³-hybridized carbons (Fsp3) is 0.846. The van der Waals surface area contributed by atoms with E-state index in [1.165, 1.54) is 0 Å². The van der Waals surface area contributed by atoms with Gasteiger partial charge in [-0.1, -0.05) is 29.5 Å². The smallest absolute Gasteiger partial charge is 0.344 e. The number of hydrogen-bond donors (Lipinski definition) is 0. The van der Waals surface area contributed by atoms with Gasteiger partial charge >= 0.3 is 11.9 Å². The van der Waals surface area contributed by atoms with Crippen LogP contribution >= 0.6 is 22.6 Å². The molecule has 130 valence electrons. The van der Waals surface area contributed by atoms with Gasteiger partial charge < -0.3 is 14.2 Å². The Morgan fingerprint density at radius 2 is 2.04 bits per heavy atom. The molecule has 3 rings (SSSR count). The second-order valence-corrected chi connectivity index (χ2v) is 10.2. The number of halogens is 1. The van der Waals surface area contributed by atoms with Crippen molar-refractivity contribution in [2.75, 3.05) is 6.61 Å². The molecule has 0 aliphatic carbocycles. The van der Waals surface area contributed by atoms with Gasteiger partial charge in [-0.2, -0.15) is 8.42 Å². The summed E-state index contributed by atoms with van der Waals surface area (Å²) in [7, 11) is -3.65. The maximum atomic E-state index is 11.9. The molecule has 3 saturated heterocycles. The number of alkyl halides is 1. The molecule has 10 heteroatoms. The van der Waals surface area contributed by atoms with E-state index < -0.39 is 61.8 Å². The fourth-order valence-corrected chi connectivity index (χ4v) is 4.77. The molecule has 6 unspecified atom stereocenters. The van der Waals surface area contributed by atoms with Gasteiger partial charge in [0, 0.05) is 0 Å². The fourth-order valence-electron chi connectivity index (χ4n) is 2.97. The van der Waals surface area contributed by atoms with Crippen LogP contribution in [0.1, 0.15) is 26.7 Å². The molecule has 0 spiro atoms. The minimum atomic E-state index is -3.65. The second kappa shape index (κ2) is 5.81. The molecule has 8 nitrogen and oxygen atoms in total. The van der Waals surface area contributed by atoms with E-state index >= 15 is 0 Å². The highest BCUT2D eigenvalue weighted by molar-refractivity contribution is 14.1. The van der Waals surface area contributed by atoms with Crippen LogP contribution in [0.25, 0.3) is 0 Å². The highest BCUT2D eigenvalue weighted by Crippen LogP contribution is 2.47. The maximum absolute atomic E-state index is 11.9. The molecule has 3 aliphatic heterocycles. The van der Waals surface area contributed by atoms with Crippen LogP contribution in [-0.2, 0) is 38.1 Å².